The van der Waals surface area contributed by atoms with Crippen LogP contribution in [-0.2, 0) is 6.54 Å². The molecule has 2 aromatic rings. The van der Waals surface area contributed by atoms with Gasteiger partial charge in [0.05, 0.1) is 6.54 Å². The van der Waals surface area contributed by atoms with E-state index in [1.165, 1.54) is 6.20 Å². The molecule has 0 bridgehead atoms. The van der Waals surface area contributed by atoms with Crippen molar-refractivity contribution >= 4 is 5.91 Å². The third kappa shape index (κ3) is 3.58. The van der Waals surface area contributed by atoms with Gasteiger partial charge >= 0.3 is 0 Å². The van der Waals surface area contributed by atoms with Crippen LogP contribution in [0.4, 0.5) is 0 Å². The van der Waals surface area contributed by atoms with Gasteiger partial charge in [-0.3, -0.25) is 4.79 Å². The average Bonchev–Trinajstić information content (AvgIpc) is 2.96. The third-order valence-electron chi connectivity index (χ3n) is 2.10. The van der Waals surface area contributed by atoms with Gasteiger partial charge in [0.2, 0.25) is 0 Å². The van der Waals surface area contributed by atoms with Crippen molar-refractivity contribution in [3.8, 4) is 11.8 Å². The molecule has 0 saturated heterocycles. The molecule has 0 atom stereocenters. The van der Waals surface area contributed by atoms with Gasteiger partial charge in [0.15, 0.2) is 5.82 Å². The van der Waals surface area contributed by atoms with E-state index in [2.05, 4.69) is 42.8 Å². The molecule has 0 saturated carbocycles. The number of carbonyl (C=O) groups is 1. The number of aliphatic hydroxyl groups excluding tert-OH is 1. The number of nitrogens with zero attached hydrogens (tertiary/aromatic N) is 4. The number of nitrogens with one attached hydrogen (secondary N) is 2. The fraction of sp³-hybridized carbons (Fsp3) is 0.182. The molecular weight excluding hydrogens is 248 g/mol. The third-order valence-corrected chi connectivity index (χ3v) is 2.10. The number of H-pyrrole nitrogens is 1. The van der Waals surface area contributed by atoms with Crippen LogP contribution in [0.25, 0.3) is 0 Å². The number of hydrogen-bond acceptors (Lipinski definition) is 6. The van der Waals surface area contributed by atoms with E-state index in [1.807, 2.05) is 0 Å². The van der Waals surface area contributed by atoms with Gasteiger partial charge in [0.1, 0.15) is 12.3 Å². The van der Waals surface area contributed by atoms with Gasteiger partial charge in [0, 0.05) is 11.8 Å². The quantitative estimate of drug-likeness (QED) is 0.600. The highest BCUT2D eigenvalue weighted by molar-refractivity contribution is 5.92. The van der Waals surface area contributed by atoms with E-state index in [4.69, 9.17) is 5.11 Å². The van der Waals surface area contributed by atoms with Gasteiger partial charge in [-0.1, -0.05) is 17.1 Å². The van der Waals surface area contributed by atoms with Crippen molar-refractivity contribution in [2.45, 2.75) is 6.54 Å². The second kappa shape index (κ2) is 6.23. The fourth-order valence-corrected chi connectivity index (χ4v) is 1.25. The lowest BCUT2D eigenvalue weighted by Crippen LogP contribution is -2.24. The van der Waals surface area contributed by atoms with Crippen molar-refractivity contribution in [3.63, 3.8) is 0 Å². The lowest BCUT2D eigenvalue weighted by atomic mass is 10.2. The highest BCUT2D eigenvalue weighted by Gasteiger charge is 2.07. The molecule has 2 rings (SSSR count). The van der Waals surface area contributed by atoms with E-state index in [9.17, 15) is 4.79 Å². The monoisotopic (exact) mass is 258 g/mol. The Hall–Kier alpha value is -2.79. The molecule has 0 aliphatic rings. The Balaban J connectivity index is 1.95. The number of aliphatic hydroxyl groups is 1. The Morgan fingerprint density at radius 1 is 1.47 bits per heavy atom. The zero-order chi connectivity index (χ0) is 13.5. The van der Waals surface area contributed by atoms with E-state index >= 15 is 0 Å². The average molecular weight is 258 g/mol. The van der Waals surface area contributed by atoms with Crippen molar-refractivity contribution in [2.24, 2.45) is 0 Å². The molecule has 0 aliphatic heterocycles. The van der Waals surface area contributed by atoms with Gasteiger partial charge in [-0.05, 0) is 12.1 Å². The van der Waals surface area contributed by atoms with Crippen molar-refractivity contribution in [2.75, 3.05) is 6.61 Å². The summed E-state index contributed by atoms with van der Waals surface area (Å²) in [7, 11) is 0. The summed E-state index contributed by atoms with van der Waals surface area (Å²) in [5.41, 5.74) is 0.891. The molecule has 8 heteroatoms. The second-order valence-electron chi connectivity index (χ2n) is 3.40. The zero-order valence-corrected chi connectivity index (χ0v) is 9.79. The first kappa shape index (κ1) is 12.7. The summed E-state index contributed by atoms with van der Waals surface area (Å²) in [6, 6.07) is 3.20. The van der Waals surface area contributed by atoms with Crippen LogP contribution in [0.3, 0.4) is 0 Å². The number of pyridine rings is 1. The molecule has 0 spiro atoms. The number of hydrogen-bond donors (Lipinski definition) is 3. The summed E-state index contributed by atoms with van der Waals surface area (Å²) in [5, 5.41) is 24.2. The van der Waals surface area contributed by atoms with Crippen LogP contribution in [-0.4, -0.2) is 43.2 Å². The smallest absolute Gasteiger partial charge is 0.270 e. The van der Waals surface area contributed by atoms with Crippen LogP contribution >= 0.6 is 0 Å². The van der Waals surface area contributed by atoms with Gasteiger partial charge in [-0.2, -0.15) is 5.21 Å². The first-order valence-corrected chi connectivity index (χ1v) is 5.36. The molecule has 19 heavy (non-hydrogen) atoms. The Bertz CT molecular complexity index is 596. The minimum Gasteiger partial charge on any atom is -0.384 e. The van der Waals surface area contributed by atoms with E-state index in [0.717, 1.165) is 0 Å². The standard InChI is InChI=1S/C11H10N6O2/c18-5-1-2-8-3-4-9(12-6-8)11(19)13-7-10-14-16-17-15-10/h3-4,6,18H,5,7H2,(H,13,19)(H,14,15,16,17). The number of rotatable bonds is 3. The molecule has 0 aromatic carbocycles. The molecule has 96 valence electrons. The van der Waals surface area contributed by atoms with E-state index in [0.29, 0.717) is 11.4 Å². The van der Waals surface area contributed by atoms with Gasteiger partial charge in [-0.25, -0.2) is 4.98 Å². The zero-order valence-electron chi connectivity index (χ0n) is 9.79. The lowest BCUT2D eigenvalue weighted by Gasteiger charge is -2.01. The van der Waals surface area contributed by atoms with E-state index in [1.54, 1.807) is 12.1 Å². The van der Waals surface area contributed by atoms with Gasteiger partial charge in [-0.15, -0.1) is 10.2 Å². The van der Waals surface area contributed by atoms with Crippen LogP contribution in [0.15, 0.2) is 18.3 Å². The van der Waals surface area contributed by atoms with Crippen molar-refractivity contribution in [1.82, 2.24) is 30.9 Å². The van der Waals surface area contributed by atoms with Crippen molar-refractivity contribution in [3.05, 3.63) is 35.4 Å². The van der Waals surface area contributed by atoms with Crippen LogP contribution < -0.4 is 5.32 Å². The molecular formula is C11H10N6O2. The maximum atomic E-state index is 11.7. The summed E-state index contributed by atoms with van der Waals surface area (Å²) in [4.78, 5) is 15.7. The van der Waals surface area contributed by atoms with Crippen molar-refractivity contribution < 1.29 is 9.90 Å². The summed E-state index contributed by atoms with van der Waals surface area (Å²) in [5.74, 6) is 5.23. The molecule has 0 fully saturated rings. The molecule has 0 unspecified atom stereocenters. The maximum absolute atomic E-state index is 11.7. The summed E-state index contributed by atoms with van der Waals surface area (Å²) in [6.45, 7) is -0.0456. The normalized spacial score (nSPS) is 9.53. The second-order valence-corrected chi connectivity index (χ2v) is 3.40. The Morgan fingerprint density at radius 2 is 2.37 bits per heavy atom. The highest BCUT2D eigenvalue weighted by atomic mass is 16.2. The maximum Gasteiger partial charge on any atom is 0.270 e. The number of tetrazole rings is 1. The minimum absolute atomic E-state index is 0.170. The minimum atomic E-state index is -0.341. The number of aromatic amines is 1. The van der Waals surface area contributed by atoms with E-state index < -0.39 is 0 Å². The number of carbonyl (C=O) groups excluding carboxylic acids is 1. The van der Waals surface area contributed by atoms with Crippen molar-refractivity contribution in [1.29, 1.82) is 0 Å². The first-order chi connectivity index (χ1) is 9.29. The Kier molecular flexibility index (Phi) is 4.15. The molecule has 1 amide bonds. The largest absolute Gasteiger partial charge is 0.384 e. The van der Waals surface area contributed by atoms with Crippen LogP contribution in [0, 0.1) is 11.8 Å². The highest BCUT2D eigenvalue weighted by Crippen LogP contribution is 1.99. The summed E-state index contributed by atoms with van der Waals surface area (Å²) < 4.78 is 0. The Labute approximate surface area is 108 Å². The summed E-state index contributed by atoms with van der Waals surface area (Å²) >= 11 is 0. The predicted octanol–water partition coefficient (Wildman–Crippen LogP) is -1.13. The molecule has 2 aromatic heterocycles. The van der Waals surface area contributed by atoms with E-state index in [-0.39, 0.29) is 24.8 Å². The van der Waals surface area contributed by atoms with Crippen LogP contribution in [0.1, 0.15) is 21.9 Å². The number of aromatic nitrogens is 5. The van der Waals surface area contributed by atoms with Crippen LogP contribution in [0.5, 0.6) is 0 Å². The topological polar surface area (TPSA) is 117 Å². The predicted molar refractivity (Wildman–Crippen MR) is 63.5 cm³/mol. The molecule has 2 heterocycles. The SMILES string of the molecule is O=C(NCc1nn[nH]n1)c1ccc(C#CCO)cn1. The lowest BCUT2D eigenvalue weighted by molar-refractivity contribution is 0.0945. The van der Waals surface area contributed by atoms with Gasteiger partial charge in [0.25, 0.3) is 5.91 Å². The first-order valence-electron chi connectivity index (χ1n) is 5.36. The molecule has 3 N–H and O–H groups in total. The van der Waals surface area contributed by atoms with Crippen LogP contribution in [0.2, 0.25) is 0 Å². The molecule has 8 nitrogen and oxygen atoms in total. The summed E-state index contributed by atoms with van der Waals surface area (Å²) in [6.07, 6.45) is 1.46. The number of amides is 1. The molecule has 0 radical (unpaired) electrons. The van der Waals surface area contributed by atoms with Gasteiger partial charge < -0.3 is 10.4 Å². The fourth-order valence-electron chi connectivity index (χ4n) is 1.25. The Morgan fingerprint density at radius 3 is 3.00 bits per heavy atom. The molecule has 0 aliphatic carbocycles.